The normalized spacial score (nSPS) is 17.3. The van der Waals surface area contributed by atoms with E-state index in [2.05, 4.69) is 4.74 Å². The van der Waals surface area contributed by atoms with Crippen molar-refractivity contribution < 1.29 is 13.5 Å². The molecular weight excluding hydrogens is 317 g/mol. The molecule has 0 aliphatic heterocycles. The van der Waals surface area contributed by atoms with Crippen molar-refractivity contribution in [1.82, 2.24) is 0 Å². The van der Waals surface area contributed by atoms with Gasteiger partial charge in [-0.05, 0) is 37.0 Å². The van der Waals surface area contributed by atoms with Crippen LogP contribution in [0.4, 0.5) is 8.78 Å². The molecule has 0 saturated heterocycles. The van der Waals surface area contributed by atoms with E-state index < -0.39 is 6.61 Å². The Morgan fingerprint density at radius 3 is 2.62 bits per heavy atom. The first-order valence-electron chi connectivity index (χ1n) is 7.11. The fraction of sp³-hybridized carbons (Fsp3) is 0.500. The lowest BCUT2D eigenvalue weighted by Crippen LogP contribution is -2.10. The Bertz CT molecular complexity index is 497. The number of rotatable bonds is 5. The first kappa shape index (κ1) is 16.6. The van der Waals surface area contributed by atoms with Crippen molar-refractivity contribution in [3.63, 3.8) is 0 Å². The van der Waals surface area contributed by atoms with Gasteiger partial charge in [-0.15, -0.1) is 11.6 Å². The molecule has 5 heteroatoms. The van der Waals surface area contributed by atoms with Crippen molar-refractivity contribution >= 4 is 29.3 Å². The maximum Gasteiger partial charge on any atom is 0.387 e. The van der Waals surface area contributed by atoms with E-state index in [1.54, 1.807) is 6.07 Å². The molecule has 1 saturated carbocycles. The maximum absolute atomic E-state index is 12.5. The summed E-state index contributed by atoms with van der Waals surface area (Å²) in [6.45, 7) is -2.85. The van der Waals surface area contributed by atoms with Crippen LogP contribution in [-0.2, 0) is 0 Å². The van der Waals surface area contributed by atoms with Crippen molar-refractivity contribution in [3.05, 3.63) is 34.4 Å². The summed E-state index contributed by atoms with van der Waals surface area (Å²) >= 11 is 12.0. The molecule has 1 aliphatic rings. The zero-order chi connectivity index (χ0) is 15.2. The van der Waals surface area contributed by atoms with Crippen molar-refractivity contribution in [2.75, 3.05) is 5.88 Å². The minimum atomic E-state index is -2.85. The van der Waals surface area contributed by atoms with Gasteiger partial charge in [0, 0.05) is 16.5 Å². The van der Waals surface area contributed by atoms with E-state index in [9.17, 15) is 8.78 Å². The number of ether oxygens (including phenoxy) is 1. The molecule has 0 aromatic heterocycles. The van der Waals surface area contributed by atoms with E-state index in [1.807, 2.05) is 6.08 Å². The Morgan fingerprint density at radius 2 is 2.00 bits per heavy atom. The molecule has 0 radical (unpaired) electrons. The van der Waals surface area contributed by atoms with Crippen LogP contribution in [0.2, 0.25) is 5.02 Å². The van der Waals surface area contributed by atoms with Gasteiger partial charge in [0.05, 0.1) is 0 Å². The van der Waals surface area contributed by atoms with Gasteiger partial charge < -0.3 is 4.74 Å². The van der Waals surface area contributed by atoms with Gasteiger partial charge >= 0.3 is 6.61 Å². The second-order valence-corrected chi connectivity index (χ2v) is 5.95. The van der Waals surface area contributed by atoms with Crippen LogP contribution in [0.1, 0.15) is 37.7 Å². The van der Waals surface area contributed by atoms with Crippen molar-refractivity contribution in [2.24, 2.45) is 5.92 Å². The lowest BCUT2D eigenvalue weighted by atomic mass is 9.83. The molecule has 21 heavy (non-hydrogen) atoms. The summed E-state index contributed by atoms with van der Waals surface area (Å²) < 4.78 is 29.5. The Kier molecular flexibility index (Phi) is 6.31. The van der Waals surface area contributed by atoms with E-state index in [0.29, 0.717) is 22.4 Å². The second kappa shape index (κ2) is 8.00. The van der Waals surface area contributed by atoms with Gasteiger partial charge in [0.1, 0.15) is 5.75 Å². The molecule has 0 unspecified atom stereocenters. The van der Waals surface area contributed by atoms with E-state index in [-0.39, 0.29) is 5.75 Å². The number of alkyl halides is 3. The Labute approximate surface area is 133 Å². The highest BCUT2D eigenvalue weighted by Gasteiger charge is 2.18. The summed E-state index contributed by atoms with van der Waals surface area (Å²) in [6.07, 6.45) is 7.69. The van der Waals surface area contributed by atoms with E-state index in [0.717, 1.165) is 18.4 Å². The monoisotopic (exact) mass is 334 g/mol. The summed E-state index contributed by atoms with van der Waals surface area (Å²) in [5.74, 6) is 0.952. The number of halogens is 4. The predicted octanol–water partition coefficient (Wildman–Crippen LogP) is 6.14. The molecule has 0 amide bonds. The first-order valence-corrected chi connectivity index (χ1v) is 8.02. The third-order valence-electron chi connectivity index (χ3n) is 3.81. The maximum atomic E-state index is 12.5. The Morgan fingerprint density at radius 1 is 1.29 bits per heavy atom. The first-order chi connectivity index (χ1) is 10.1. The minimum Gasteiger partial charge on any atom is -0.434 e. The number of benzene rings is 1. The number of hydrogen-bond donors (Lipinski definition) is 0. The fourth-order valence-corrected chi connectivity index (χ4v) is 3.25. The highest BCUT2D eigenvalue weighted by molar-refractivity contribution is 6.30. The quantitative estimate of drug-likeness (QED) is 0.587. The average molecular weight is 335 g/mol. The molecular formula is C16H18Cl2F2O. The SMILES string of the molecule is FC(F)Oc1ccc(Cl)cc1/C=C(/CCl)C1CCCCC1. The summed E-state index contributed by atoms with van der Waals surface area (Å²) in [5.41, 5.74) is 1.63. The smallest absolute Gasteiger partial charge is 0.387 e. The van der Waals surface area contributed by atoms with Crippen LogP contribution in [0.25, 0.3) is 6.08 Å². The van der Waals surface area contributed by atoms with Crippen LogP contribution in [0.3, 0.4) is 0 Å². The molecule has 1 aromatic rings. The minimum absolute atomic E-state index is 0.132. The Balaban J connectivity index is 2.29. The van der Waals surface area contributed by atoms with Gasteiger partial charge in [-0.25, -0.2) is 0 Å². The average Bonchev–Trinajstić information content (AvgIpc) is 2.48. The highest BCUT2D eigenvalue weighted by Crippen LogP contribution is 2.34. The van der Waals surface area contributed by atoms with Gasteiger partial charge in [0.15, 0.2) is 0 Å². The molecule has 0 bridgehead atoms. The van der Waals surface area contributed by atoms with Crippen molar-refractivity contribution in [1.29, 1.82) is 0 Å². The van der Waals surface area contributed by atoms with E-state index >= 15 is 0 Å². The van der Waals surface area contributed by atoms with Gasteiger partial charge in [-0.1, -0.05) is 42.5 Å². The molecule has 2 rings (SSSR count). The summed E-state index contributed by atoms with van der Waals surface area (Å²) in [5, 5.41) is 0.487. The molecule has 1 fully saturated rings. The van der Waals surface area contributed by atoms with Crippen LogP contribution >= 0.6 is 23.2 Å². The molecule has 1 nitrogen and oxygen atoms in total. The van der Waals surface area contributed by atoms with E-state index in [1.165, 1.54) is 31.4 Å². The number of allylic oxidation sites excluding steroid dienone is 1. The molecule has 0 N–H and O–H groups in total. The van der Waals surface area contributed by atoms with E-state index in [4.69, 9.17) is 23.2 Å². The molecule has 1 aliphatic carbocycles. The lowest BCUT2D eigenvalue weighted by Gasteiger charge is -2.23. The van der Waals surface area contributed by atoms with Crippen LogP contribution < -0.4 is 4.74 Å². The standard InChI is InChI=1S/C16H18Cl2F2O/c17-10-13(11-4-2-1-3-5-11)8-12-9-14(18)6-7-15(12)21-16(19)20/h6-9,11,16H,1-5,10H2/b13-8-. The van der Waals surface area contributed by atoms with Crippen LogP contribution in [-0.4, -0.2) is 12.5 Å². The predicted molar refractivity (Wildman–Crippen MR) is 83.4 cm³/mol. The van der Waals surface area contributed by atoms with Gasteiger partial charge in [-0.3, -0.25) is 0 Å². The van der Waals surface area contributed by atoms with Crippen LogP contribution in [0.5, 0.6) is 5.75 Å². The lowest BCUT2D eigenvalue weighted by molar-refractivity contribution is -0.0499. The van der Waals surface area contributed by atoms with Gasteiger partial charge in [0.25, 0.3) is 0 Å². The molecule has 0 heterocycles. The topological polar surface area (TPSA) is 9.23 Å². The Hall–Kier alpha value is -0.800. The molecule has 0 atom stereocenters. The number of hydrogen-bond acceptors (Lipinski definition) is 1. The molecule has 116 valence electrons. The highest BCUT2D eigenvalue weighted by atomic mass is 35.5. The molecule has 1 aromatic carbocycles. The van der Waals surface area contributed by atoms with Crippen molar-refractivity contribution in [3.8, 4) is 5.75 Å². The summed E-state index contributed by atoms with van der Waals surface area (Å²) in [7, 11) is 0. The van der Waals surface area contributed by atoms with Gasteiger partial charge in [-0.2, -0.15) is 8.78 Å². The zero-order valence-corrected chi connectivity index (χ0v) is 13.1. The largest absolute Gasteiger partial charge is 0.434 e. The third-order valence-corrected chi connectivity index (χ3v) is 4.36. The van der Waals surface area contributed by atoms with Crippen LogP contribution in [0.15, 0.2) is 23.8 Å². The van der Waals surface area contributed by atoms with Crippen molar-refractivity contribution in [2.45, 2.75) is 38.7 Å². The van der Waals surface area contributed by atoms with Crippen LogP contribution in [0, 0.1) is 5.92 Å². The van der Waals surface area contributed by atoms with Gasteiger partial charge in [0.2, 0.25) is 0 Å². The second-order valence-electron chi connectivity index (χ2n) is 5.25. The summed E-state index contributed by atoms with van der Waals surface area (Å²) in [6, 6.07) is 4.64. The molecule has 0 spiro atoms. The third kappa shape index (κ3) is 4.86. The summed E-state index contributed by atoms with van der Waals surface area (Å²) in [4.78, 5) is 0. The fourth-order valence-electron chi connectivity index (χ4n) is 2.77. The zero-order valence-electron chi connectivity index (χ0n) is 11.6.